The summed E-state index contributed by atoms with van der Waals surface area (Å²) in [6.45, 7) is 6.55. The molecule has 0 amide bonds. The zero-order valence-electron chi connectivity index (χ0n) is 9.71. The summed E-state index contributed by atoms with van der Waals surface area (Å²) in [5.74, 6) is 0. The van der Waals surface area contributed by atoms with E-state index in [4.69, 9.17) is 13.6 Å². The standard InChI is InChI=1S/C10H22O3Si/c1-5-7-8-12-10-13-14(4,11-3)9-6-2/h7-8H,5-6,9-10H2,1-4H3. The van der Waals surface area contributed by atoms with Gasteiger partial charge >= 0.3 is 8.56 Å². The summed E-state index contributed by atoms with van der Waals surface area (Å²) in [5.41, 5.74) is 0. The molecule has 0 radical (unpaired) electrons. The second-order valence-electron chi connectivity index (χ2n) is 3.30. The third kappa shape index (κ3) is 6.18. The molecule has 0 heterocycles. The van der Waals surface area contributed by atoms with E-state index in [0.29, 0.717) is 6.79 Å². The quantitative estimate of drug-likeness (QED) is 0.271. The molecule has 1 atom stereocenters. The van der Waals surface area contributed by atoms with Crippen LogP contribution in [0.15, 0.2) is 12.3 Å². The van der Waals surface area contributed by atoms with Crippen molar-refractivity contribution in [1.82, 2.24) is 0 Å². The molecule has 0 fully saturated rings. The zero-order chi connectivity index (χ0) is 10.9. The molecule has 0 aromatic rings. The number of rotatable bonds is 8. The van der Waals surface area contributed by atoms with Crippen LogP contribution >= 0.6 is 0 Å². The van der Waals surface area contributed by atoms with Crippen LogP contribution in [0.3, 0.4) is 0 Å². The van der Waals surface area contributed by atoms with Crippen molar-refractivity contribution in [2.24, 2.45) is 0 Å². The molecular formula is C10H22O3Si. The van der Waals surface area contributed by atoms with Gasteiger partial charge in [-0.2, -0.15) is 0 Å². The van der Waals surface area contributed by atoms with E-state index in [-0.39, 0.29) is 0 Å². The monoisotopic (exact) mass is 218 g/mol. The van der Waals surface area contributed by atoms with Gasteiger partial charge < -0.3 is 13.6 Å². The predicted molar refractivity (Wildman–Crippen MR) is 60.2 cm³/mol. The Bertz CT molecular complexity index is 161. The summed E-state index contributed by atoms with van der Waals surface area (Å²) in [6.07, 6.45) is 5.70. The Hall–Kier alpha value is -0.323. The van der Waals surface area contributed by atoms with Gasteiger partial charge in [0.05, 0.1) is 6.26 Å². The molecule has 0 spiro atoms. The van der Waals surface area contributed by atoms with Crippen molar-refractivity contribution in [1.29, 1.82) is 0 Å². The highest BCUT2D eigenvalue weighted by Gasteiger charge is 2.28. The van der Waals surface area contributed by atoms with E-state index in [9.17, 15) is 0 Å². The van der Waals surface area contributed by atoms with Crippen LogP contribution in [-0.4, -0.2) is 22.5 Å². The highest BCUT2D eigenvalue weighted by Crippen LogP contribution is 2.14. The highest BCUT2D eigenvalue weighted by atomic mass is 28.4. The van der Waals surface area contributed by atoms with E-state index in [1.165, 1.54) is 0 Å². The summed E-state index contributed by atoms with van der Waals surface area (Å²) >= 11 is 0. The van der Waals surface area contributed by atoms with Crippen LogP contribution in [0.25, 0.3) is 0 Å². The molecule has 0 rings (SSSR count). The van der Waals surface area contributed by atoms with E-state index in [2.05, 4.69) is 20.4 Å². The first-order valence-electron chi connectivity index (χ1n) is 5.14. The predicted octanol–water partition coefficient (Wildman–Crippen LogP) is 3.03. The second kappa shape index (κ2) is 8.02. The molecule has 0 bridgehead atoms. The first kappa shape index (κ1) is 13.7. The minimum atomic E-state index is -1.94. The topological polar surface area (TPSA) is 27.7 Å². The average molecular weight is 218 g/mol. The van der Waals surface area contributed by atoms with Crippen LogP contribution in [0.4, 0.5) is 0 Å². The van der Waals surface area contributed by atoms with Crippen LogP contribution in [0.5, 0.6) is 0 Å². The van der Waals surface area contributed by atoms with Gasteiger partial charge in [0, 0.05) is 7.11 Å². The van der Waals surface area contributed by atoms with Crippen LogP contribution in [-0.2, 0) is 13.6 Å². The molecule has 0 N–H and O–H groups in total. The summed E-state index contributed by atoms with van der Waals surface area (Å²) < 4.78 is 16.2. The van der Waals surface area contributed by atoms with Gasteiger partial charge in [0.15, 0.2) is 6.79 Å². The lowest BCUT2D eigenvalue weighted by atomic mass is 10.5. The Kier molecular flexibility index (Phi) is 7.84. The molecule has 0 aromatic heterocycles. The lowest BCUT2D eigenvalue weighted by molar-refractivity contribution is 0.0473. The van der Waals surface area contributed by atoms with Crippen LogP contribution in [0.2, 0.25) is 12.6 Å². The van der Waals surface area contributed by atoms with Gasteiger partial charge in [0.25, 0.3) is 0 Å². The van der Waals surface area contributed by atoms with Crippen molar-refractivity contribution < 1.29 is 13.6 Å². The van der Waals surface area contributed by atoms with Gasteiger partial charge in [0.1, 0.15) is 0 Å². The fourth-order valence-corrected chi connectivity index (χ4v) is 2.74. The van der Waals surface area contributed by atoms with Crippen LogP contribution < -0.4 is 0 Å². The zero-order valence-corrected chi connectivity index (χ0v) is 10.7. The molecule has 0 aromatic carbocycles. The minimum Gasteiger partial charge on any atom is -0.476 e. The van der Waals surface area contributed by atoms with Gasteiger partial charge in [-0.25, -0.2) is 0 Å². The maximum atomic E-state index is 5.61. The smallest absolute Gasteiger partial charge is 0.337 e. The molecule has 0 aliphatic rings. The van der Waals surface area contributed by atoms with E-state index in [1.54, 1.807) is 13.4 Å². The van der Waals surface area contributed by atoms with Crippen molar-refractivity contribution in [3.05, 3.63) is 12.3 Å². The Morgan fingerprint density at radius 1 is 1.29 bits per heavy atom. The van der Waals surface area contributed by atoms with Crippen molar-refractivity contribution >= 4 is 8.56 Å². The molecule has 14 heavy (non-hydrogen) atoms. The van der Waals surface area contributed by atoms with Gasteiger partial charge in [-0.1, -0.05) is 20.3 Å². The van der Waals surface area contributed by atoms with Crippen molar-refractivity contribution in [2.75, 3.05) is 13.9 Å². The Labute approximate surface area is 88.3 Å². The van der Waals surface area contributed by atoms with Gasteiger partial charge in [-0.3, -0.25) is 0 Å². The summed E-state index contributed by atoms with van der Waals surface area (Å²) in [4.78, 5) is 0. The first-order chi connectivity index (χ1) is 6.68. The lowest BCUT2D eigenvalue weighted by Crippen LogP contribution is -2.37. The summed E-state index contributed by atoms with van der Waals surface area (Å²) in [6, 6.07) is 1.00. The molecule has 0 saturated heterocycles. The van der Waals surface area contributed by atoms with Gasteiger partial charge in [-0.15, -0.1) is 0 Å². The molecule has 1 unspecified atom stereocenters. The fraction of sp³-hybridized carbons (Fsp3) is 0.800. The maximum absolute atomic E-state index is 5.61. The summed E-state index contributed by atoms with van der Waals surface area (Å²) in [5, 5.41) is 0. The number of ether oxygens (including phenoxy) is 1. The number of hydrogen-bond donors (Lipinski definition) is 0. The Morgan fingerprint density at radius 2 is 2.00 bits per heavy atom. The first-order valence-corrected chi connectivity index (χ1v) is 7.66. The van der Waals surface area contributed by atoms with Crippen LogP contribution in [0.1, 0.15) is 26.7 Å². The normalized spacial score (nSPS) is 15.7. The van der Waals surface area contributed by atoms with E-state index in [0.717, 1.165) is 18.9 Å². The molecule has 84 valence electrons. The SMILES string of the molecule is CCC=COCO[Si](C)(CCC)OC. The molecule has 0 aliphatic carbocycles. The van der Waals surface area contributed by atoms with Crippen molar-refractivity contribution in [3.8, 4) is 0 Å². The number of allylic oxidation sites excluding steroid dienone is 1. The van der Waals surface area contributed by atoms with Gasteiger partial charge in [0.2, 0.25) is 0 Å². The molecular weight excluding hydrogens is 196 g/mol. The van der Waals surface area contributed by atoms with Gasteiger partial charge in [-0.05, 0) is 25.1 Å². The fourth-order valence-electron chi connectivity index (χ4n) is 1.05. The minimum absolute atomic E-state index is 0.299. The molecule has 0 aliphatic heterocycles. The second-order valence-corrected chi connectivity index (χ2v) is 6.76. The lowest BCUT2D eigenvalue weighted by Gasteiger charge is -2.23. The van der Waals surface area contributed by atoms with E-state index >= 15 is 0 Å². The molecule has 4 heteroatoms. The van der Waals surface area contributed by atoms with Crippen molar-refractivity contribution in [2.45, 2.75) is 39.3 Å². The third-order valence-electron chi connectivity index (χ3n) is 2.00. The Balaban J connectivity index is 3.66. The number of hydrogen-bond acceptors (Lipinski definition) is 3. The summed E-state index contributed by atoms with van der Waals surface area (Å²) in [7, 11) is -0.230. The van der Waals surface area contributed by atoms with E-state index in [1.807, 2.05) is 6.08 Å². The van der Waals surface area contributed by atoms with E-state index < -0.39 is 8.56 Å². The van der Waals surface area contributed by atoms with Crippen molar-refractivity contribution in [3.63, 3.8) is 0 Å². The Morgan fingerprint density at radius 3 is 2.50 bits per heavy atom. The maximum Gasteiger partial charge on any atom is 0.337 e. The van der Waals surface area contributed by atoms with Crippen LogP contribution in [0, 0.1) is 0 Å². The third-order valence-corrected chi connectivity index (χ3v) is 5.00. The average Bonchev–Trinajstić information content (AvgIpc) is 2.18. The highest BCUT2D eigenvalue weighted by molar-refractivity contribution is 6.65. The molecule has 3 nitrogen and oxygen atoms in total. The molecule has 0 saturated carbocycles. The largest absolute Gasteiger partial charge is 0.476 e.